The molecule has 0 bridgehead atoms. The number of rotatable bonds is 2. The molecule has 4 rings (SSSR count). The maximum absolute atomic E-state index is 12.1. The van der Waals surface area contributed by atoms with Gasteiger partial charge in [0.2, 0.25) is 0 Å². The number of nitriles is 1. The first kappa shape index (κ1) is 13.5. The van der Waals surface area contributed by atoms with Crippen LogP contribution in [0.3, 0.4) is 0 Å². The van der Waals surface area contributed by atoms with Crippen LogP contribution in [-0.4, -0.2) is 32.6 Å². The Morgan fingerprint density at radius 2 is 2.23 bits per heavy atom. The van der Waals surface area contributed by atoms with Crippen LogP contribution in [-0.2, 0) is 6.54 Å². The van der Waals surface area contributed by atoms with Crippen LogP contribution in [0.2, 0.25) is 0 Å². The summed E-state index contributed by atoms with van der Waals surface area (Å²) in [6.07, 6.45) is 6.88. The van der Waals surface area contributed by atoms with Gasteiger partial charge in [-0.2, -0.15) is 5.26 Å². The predicted molar refractivity (Wildman–Crippen MR) is 81.3 cm³/mol. The number of nitrogens with one attached hydrogen (secondary N) is 1. The van der Waals surface area contributed by atoms with Crippen molar-refractivity contribution in [1.82, 2.24) is 19.5 Å². The zero-order valence-corrected chi connectivity index (χ0v) is 12.5. The molecule has 2 aromatic heterocycles. The quantitative estimate of drug-likeness (QED) is 0.911. The highest BCUT2D eigenvalue weighted by atomic mass is 16.1. The molecule has 1 N–H and O–H groups in total. The van der Waals surface area contributed by atoms with Gasteiger partial charge in [-0.25, -0.2) is 9.50 Å². The Morgan fingerprint density at radius 3 is 3.09 bits per heavy atom. The molecule has 6 nitrogen and oxygen atoms in total. The van der Waals surface area contributed by atoms with Gasteiger partial charge in [0.05, 0.1) is 5.69 Å². The van der Waals surface area contributed by atoms with E-state index >= 15 is 0 Å². The molecule has 2 aromatic rings. The summed E-state index contributed by atoms with van der Waals surface area (Å²) in [5.41, 5.74) is 1.45. The first-order valence-corrected chi connectivity index (χ1v) is 7.97. The molecule has 6 heteroatoms. The number of H-pyrrole nitrogens is 1. The molecule has 2 atom stereocenters. The minimum atomic E-state index is -0.155. The lowest BCUT2D eigenvalue weighted by Crippen LogP contribution is -2.38. The number of aromatic amines is 1. The zero-order valence-electron chi connectivity index (χ0n) is 12.5. The molecule has 2 aliphatic rings. The van der Waals surface area contributed by atoms with E-state index in [0.29, 0.717) is 17.8 Å². The van der Waals surface area contributed by atoms with E-state index < -0.39 is 0 Å². The second kappa shape index (κ2) is 5.25. The summed E-state index contributed by atoms with van der Waals surface area (Å²) in [7, 11) is 0. The number of hydrogen-bond acceptors (Lipinski definition) is 4. The molecule has 1 aliphatic carbocycles. The molecule has 1 aliphatic heterocycles. The minimum absolute atomic E-state index is 0.155. The van der Waals surface area contributed by atoms with E-state index in [1.807, 2.05) is 0 Å². The number of fused-ring (bicyclic) bond motifs is 2. The van der Waals surface area contributed by atoms with Gasteiger partial charge >= 0.3 is 0 Å². The van der Waals surface area contributed by atoms with E-state index in [4.69, 9.17) is 5.26 Å². The lowest BCUT2D eigenvalue weighted by molar-refractivity contribution is 0.131. The van der Waals surface area contributed by atoms with Crippen LogP contribution in [0, 0.1) is 23.2 Å². The van der Waals surface area contributed by atoms with Gasteiger partial charge in [0.1, 0.15) is 11.6 Å². The summed E-state index contributed by atoms with van der Waals surface area (Å²) < 4.78 is 1.32. The third kappa shape index (κ3) is 2.22. The topological polar surface area (TPSA) is 77.2 Å². The third-order valence-corrected chi connectivity index (χ3v) is 5.18. The Bertz CT molecular complexity index is 799. The summed E-state index contributed by atoms with van der Waals surface area (Å²) >= 11 is 0. The molecule has 114 valence electrons. The van der Waals surface area contributed by atoms with Crippen molar-refractivity contribution in [2.24, 2.45) is 11.8 Å². The van der Waals surface area contributed by atoms with Gasteiger partial charge in [0.25, 0.3) is 5.56 Å². The second-order valence-corrected chi connectivity index (χ2v) is 6.52. The van der Waals surface area contributed by atoms with Crippen molar-refractivity contribution in [2.45, 2.75) is 32.2 Å². The maximum Gasteiger partial charge on any atom is 0.272 e. The lowest BCUT2D eigenvalue weighted by atomic mass is 9.88. The normalized spacial score (nSPS) is 25.2. The Labute approximate surface area is 128 Å². The summed E-state index contributed by atoms with van der Waals surface area (Å²) in [4.78, 5) is 19.0. The van der Waals surface area contributed by atoms with Crippen LogP contribution in [0.15, 0.2) is 17.1 Å². The van der Waals surface area contributed by atoms with E-state index in [1.54, 1.807) is 6.07 Å². The fourth-order valence-corrected chi connectivity index (χ4v) is 4.07. The molecule has 0 amide bonds. The zero-order chi connectivity index (χ0) is 15.1. The Balaban J connectivity index is 1.59. The van der Waals surface area contributed by atoms with Crippen LogP contribution < -0.4 is 5.56 Å². The largest absolute Gasteiger partial charge is 0.297 e. The monoisotopic (exact) mass is 297 g/mol. The van der Waals surface area contributed by atoms with Gasteiger partial charge in [0, 0.05) is 25.4 Å². The van der Waals surface area contributed by atoms with Crippen molar-refractivity contribution in [3.05, 3.63) is 33.9 Å². The van der Waals surface area contributed by atoms with Gasteiger partial charge in [-0.3, -0.25) is 14.8 Å². The first-order chi connectivity index (χ1) is 10.7. The molecule has 2 fully saturated rings. The molecule has 1 saturated heterocycles. The van der Waals surface area contributed by atoms with Crippen LogP contribution in [0.5, 0.6) is 0 Å². The van der Waals surface area contributed by atoms with Crippen LogP contribution in [0.1, 0.15) is 36.9 Å². The van der Waals surface area contributed by atoms with Crippen molar-refractivity contribution in [2.75, 3.05) is 13.1 Å². The van der Waals surface area contributed by atoms with E-state index in [2.05, 4.69) is 21.1 Å². The van der Waals surface area contributed by atoms with Gasteiger partial charge in [-0.1, -0.05) is 12.8 Å². The molecular weight excluding hydrogens is 278 g/mol. The SMILES string of the molecule is N#Cc1c[nH]n2c(=O)cc(CN3CC[C@@H]4CCC[C@@H]4C3)nc12. The Hall–Kier alpha value is -2.13. The van der Waals surface area contributed by atoms with Crippen LogP contribution >= 0.6 is 0 Å². The third-order valence-electron chi connectivity index (χ3n) is 5.18. The van der Waals surface area contributed by atoms with Gasteiger partial charge in [0.15, 0.2) is 5.65 Å². The Morgan fingerprint density at radius 1 is 1.36 bits per heavy atom. The maximum atomic E-state index is 12.1. The van der Waals surface area contributed by atoms with Crippen LogP contribution in [0.4, 0.5) is 0 Å². The molecule has 0 radical (unpaired) electrons. The predicted octanol–water partition coefficient (Wildman–Crippen LogP) is 1.52. The highest BCUT2D eigenvalue weighted by Gasteiger charge is 2.32. The molecule has 3 heterocycles. The molecule has 0 spiro atoms. The van der Waals surface area contributed by atoms with Gasteiger partial charge in [-0.05, 0) is 31.2 Å². The fraction of sp³-hybridized carbons (Fsp3) is 0.562. The van der Waals surface area contributed by atoms with E-state index in [0.717, 1.165) is 30.6 Å². The molecule has 0 unspecified atom stereocenters. The lowest BCUT2D eigenvalue weighted by Gasteiger charge is -2.34. The smallest absolute Gasteiger partial charge is 0.272 e. The van der Waals surface area contributed by atoms with Crippen molar-refractivity contribution >= 4 is 5.65 Å². The highest BCUT2D eigenvalue weighted by molar-refractivity contribution is 5.53. The van der Waals surface area contributed by atoms with Crippen molar-refractivity contribution in [1.29, 1.82) is 5.26 Å². The molecular formula is C16H19N5O. The highest BCUT2D eigenvalue weighted by Crippen LogP contribution is 2.37. The average Bonchev–Trinajstić information content (AvgIpc) is 3.13. The minimum Gasteiger partial charge on any atom is -0.297 e. The number of aromatic nitrogens is 3. The second-order valence-electron chi connectivity index (χ2n) is 6.52. The van der Waals surface area contributed by atoms with Crippen molar-refractivity contribution in [3.8, 4) is 6.07 Å². The fourth-order valence-electron chi connectivity index (χ4n) is 4.07. The molecule has 0 aromatic carbocycles. The van der Waals surface area contributed by atoms with Crippen LogP contribution in [0.25, 0.3) is 5.65 Å². The summed E-state index contributed by atoms with van der Waals surface area (Å²) in [5, 5.41) is 11.9. The van der Waals surface area contributed by atoms with E-state index in [-0.39, 0.29) is 5.56 Å². The Kier molecular flexibility index (Phi) is 3.23. The first-order valence-electron chi connectivity index (χ1n) is 7.97. The van der Waals surface area contributed by atoms with E-state index in [1.165, 1.54) is 36.4 Å². The number of likely N-dealkylation sites (tertiary alicyclic amines) is 1. The number of hydrogen-bond donors (Lipinski definition) is 1. The van der Waals surface area contributed by atoms with Crippen molar-refractivity contribution < 1.29 is 0 Å². The standard InChI is InChI=1S/C16H19N5O/c17-7-13-8-18-21-15(22)6-14(19-16(13)21)10-20-5-4-11-2-1-3-12(11)9-20/h6,8,11-12,18H,1-5,9-10H2/t11-,12+/m0/s1. The molecule has 1 saturated carbocycles. The van der Waals surface area contributed by atoms with Gasteiger partial charge < -0.3 is 0 Å². The summed E-state index contributed by atoms with van der Waals surface area (Å²) in [5.74, 6) is 1.73. The van der Waals surface area contributed by atoms with E-state index in [9.17, 15) is 4.79 Å². The number of nitrogens with zero attached hydrogens (tertiary/aromatic N) is 4. The van der Waals surface area contributed by atoms with Crippen molar-refractivity contribution in [3.63, 3.8) is 0 Å². The summed E-state index contributed by atoms with van der Waals surface area (Å²) in [6.45, 7) is 2.90. The summed E-state index contributed by atoms with van der Waals surface area (Å²) in [6, 6.07) is 3.65. The average molecular weight is 297 g/mol. The molecule has 22 heavy (non-hydrogen) atoms. The van der Waals surface area contributed by atoms with Gasteiger partial charge in [-0.15, -0.1) is 0 Å². The number of piperidine rings is 1.